The lowest BCUT2D eigenvalue weighted by molar-refractivity contribution is 0.247. The fraction of sp³-hybridized carbons (Fsp3) is 1.00. The van der Waals surface area contributed by atoms with Gasteiger partial charge in [0, 0.05) is 6.04 Å². The molecule has 1 rings (SSSR count). The summed E-state index contributed by atoms with van der Waals surface area (Å²) < 4.78 is 0. The Hall–Kier alpha value is -0.0400. The monoisotopic (exact) mass is 183 g/mol. The van der Waals surface area contributed by atoms with Crippen LogP contribution in [0, 0.1) is 17.8 Å². The van der Waals surface area contributed by atoms with Crippen molar-refractivity contribution >= 4 is 0 Å². The van der Waals surface area contributed by atoms with Crippen LogP contribution in [0.15, 0.2) is 0 Å². The molecule has 0 bridgehead atoms. The Bertz CT molecular complexity index is 151. The van der Waals surface area contributed by atoms with Crippen molar-refractivity contribution in [1.82, 2.24) is 4.90 Å². The topological polar surface area (TPSA) is 3.24 Å². The van der Waals surface area contributed by atoms with Gasteiger partial charge in [0.15, 0.2) is 0 Å². The lowest BCUT2D eigenvalue weighted by Crippen LogP contribution is -2.26. The van der Waals surface area contributed by atoms with Crippen molar-refractivity contribution in [2.24, 2.45) is 17.8 Å². The van der Waals surface area contributed by atoms with Gasteiger partial charge in [0.2, 0.25) is 0 Å². The summed E-state index contributed by atoms with van der Waals surface area (Å²) in [6.07, 6.45) is 4.28. The van der Waals surface area contributed by atoms with Gasteiger partial charge in [0.1, 0.15) is 0 Å². The first-order valence-corrected chi connectivity index (χ1v) is 5.68. The van der Waals surface area contributed by atoms with Crippen molar-refractivity contribution in [1.29, 1.82) is 0 Å². The van der Waals surface area contributed by atoms with E-state index in [-0.39, 0.29) is 0 Å². The summed E-state index contributed by atoms with van der Waals surface area (Å²) in [5, 5.41) is 0. The van der Waals surface area contributed by atoms with Crippen molar-refractivity contribution in [3.05, 3.63) is 0 Å². The molecule has 1 aliphatic carbocycles. The average Bonchev–Trinajstić information content (AvgIpc) is 2.50. The Kier molecular flexibility index (Phi) is 3.78. The van der Waals surface area contributed by atoms with Crippen LogP contribution in [0.1, 0.15) is 40.0 Å². The van der Waals surface area contributed by atoms with Crippen molar-refractivity contribution in [3.63, 3.8) is 0 Å². The molecule has 3 atom stereocenters. The molecule has 1 nitrogen and oxygen atoms in total. The second kappa shape index (κ2) is 4.45. The Balaban J connectivity index is 2.40. The lowest BCUT2D eigenvalue weighted by atomic mass is 9.84. The Morgan fingerprint density at radius 2 is 1.69 bits per heavy atom. The number of rotatable bonds is 3. The fourth-order valence-corrected chi connectivity index (χ4v) is 2.48. The largest absolute Gasteiger partial charge is 0.306 e. The van der Waals surface area contributed by atoms with Crippen molar-refractivity contribution in [2.75, 3.05) is 14.1 Å². The first-order chi connectivity index (χ1) is 6.02. The van der Waals surface area contributed by atoms with E-state index in [1.807, 2.05) is 0 Å². The van der Waals surface area contributed by atoms with E-state index in [0.29, 0.717) is 0 Å². The van der Waals surface area contributed by atoms with E-state index in [4.69, 9.17) is 0 Å². The fourth-order valence-electron chi connectivity index (χ4n) is 2.48. The predicted molar refractivity (Wildman–Crippen MR) is 58.8 cm³/mol. The summed E-state index contributed by atoms with van der Waals surface area (Å²) >= 11 is 0. The highest BCUT2D eigenvalue weighted by atomic mass is 15.1. The van der Waals surface area contributed by atoms with Gasteiger partial charge in [0.05, 0.1) is 0 Å². The minimum atomic E-state index is 0.853. The summed E-state index contributed by atoms with van der Waals surface area (Å²) in [6, 6.07) is 0.853. The molecular weight excluding hydrogens is 158 g/mol. The quantitative estimate of drug-likeness (QED) is 0.650. The van der Waals surface area contributed by atoms with Gasteiger partial charge < -0.3 is 4.90 Å². The zero-order valence-electron chi connectivity index (χ0n) is 9.88. The predicted octanol–water partition coefficient (Wildman–Crippen LogP) is 3.01. The van der Waals surface area contributed by atoms with Crippen LogP contribution in [0.5, 0.6) is 0 Å². The number of hydrogen-bond donors (Lipinski definition) is 0. The van der Waals surface area contributed by atoms with Gasteiger partial charge in [0.25, 0.3) is 0 Å². The summed E-state index contributed by atoms with van der Waals surface area (Å²) in [5.74, 6) is 2.74. The molecule has 78 valence electrons. The summed E-state index contributed by atoms with van der Waals surface area (Å²) in [4.78, 5) is 2.40. The SMILES string of the molecule is CC(C)C(C)[C@@H]1CC[C@@H](N(C)C)C1. The molecule has 0 spiro atoms. The zero-order chi connectivity index (χ0) is 10.0. The van der Waals surface area contributed by atoms with Gasteiger partial charge in [-0.25, -0.2) is 0 Å². The van der Waals surface area contributed by atoms with Gasteiger partial charge in [-0.1, -0.05) is 20.8 Å². The molecule has 0 aliphatic heterocycles. The molecule has 0 heterocycles. The normalized spacial score (nSPS) is 31.6. The Labute approximate surface area is 83.5 Å². The highest BCUT2D eigenvalue weighted by Gasteiger charge is 2.30. The molecule has 13 heavy (non-hydrogen) atoms. The first-order valence-electron chi connectivity index (χ1n) is 5.68. The van der Waals surface area contributed by atoms with E-state index in [2.05, 4.69) is 39.8 Å². The van der Waals surface area contributed by atoms with Crippen LogP contribution in [0.3, 0.4) is 0 Å². The number of nitrogens with zero attached hydrogens (tertiary/aromatic N) is 1. The van der Waals surface area contributed by atoms with Crippen LogP contribution in [0.2, 0.25) is 0 Å². The van der Waals surface area contributed by atoms with Gasteiger partial charge in [-0.2, -0.15) is 0 Å². The highest BCUT2D eigenvalue weighted by Crippen LogP contribution is 2.36. The molecule has 0 N–H and O–H groups in total. The van der Waals surface area contributed by atoms with E-state index in [1.165, 1.54) is 19.3 Å². The van der Waals surface area contributed by atoms with Crippen LogP contribution in [-0.4, -0.2) is 25.0 Å². The van der Waals surface area contributed by atoms with Gasteiger partial charge in [-0.15, -0.1) is 0 Å². The van der Waals surface area contributed by atoms with E-state index in [9.17, 15) is 0 Å². The van der Waals surface area contributed by atoms with Crippen molar-refractivity contribution in [2.45, 2.75) is 46.1 Å². The molecular formula is C12H25N. The maximum atomic E-state index is 2.42. The van der Waals surface area contributed by atoms with E-state index in [0.717, 1.165) is 23.8 Å². The summed E-state index contributed by atoms with van der Waals surface area (Å²) in [5.41, 5.74) is 0. The molecule has 0 aromatic heterocycles. The van der Waals surface area contributed by atoms with E-state index in [1.54, 1.807) is 0 Å². The minimum absolute atomic E-state index is 0.853. The van der Waals surface area contributed by atoms with Crippen LogP contribution in [0.4, 0.5) is 0 Å². The summed E-state index contributed by atoms with van der Waals surface area (Å²) in [7, 11) is 4.43. The molecule has 1 fully saturated rings. The molecule has 0 radical (unpaired) electrons. The maximum Gasteiger partial charge on any atom is 0.00920 e. The third-order valence-electron chi connectivity index (χ3n) is 3.97. The molecule has 0 saturated heterocycles. The molecule has 1 aliphatic rings. The standard InChI is InChI=1S/C12H25N/c1-9(2)10(3)11-6-7-12(8-11)13(4)5/h9-12H,6-8H2,1-5H3/t10?,11-,12-/m1/s1. The van der Waals surface area contributed by atoms with Crippen molar-refractivity contribution in [3.8, 4) is 0 Å². The molecule has 0 aromatic rings. The molecule has 1 heteroatoms. The first kappa shape index (κ1) is 11.0. The maximum absolute atomic E-state index is 2.42. The molecule has 0 amide bonds. The second-order valence-electron chi connectivity index (χ2n) is 5.29. The Morgan fingerprint density at radius 3 is 2.08 bits per heavy atom. The highest BCUT2D eigenvalue weighted by molar-refractivity contribution is 4.83. The molecule has 1 saturated carbocycles. The molecule has 1 unspecified atom stereocenters. The smallest absolute Gasteiger partial charge is 0.00920 e. The van der Waals surface area contributed by atoms with Crippen LogP contribution in [-0.2, 0) is 0 Å². The van der Waals surface area contributed by atoms with Gasteiger partial charge >= 0.3 is 0 Å². The van der Waals surface area contributed by atoms with Gasteiger partial charge in [-0.05, 0) is 51.1 Å². The third kappa shape index (κ3) is 2.70. The minimum Gasteiger partial charge on any atom is -0.306 e. The average molecular weight is 183 g/mol. The third-order valence-corrected chi connectivity index (χ3v) is 3.97. The van der Waals surface area contributed by atoms with Crippen LogP contribution in [0.25, 0.3) is 0 Å². The Morgan fingerprint density at radius 1 is 1.08 bits per heavy atom. The zero-order valence-corrected chi connectivity index (χ0v) is 9.88. The lowest BCUT2D eigenvalue weighted by Gasteiger charge is -2.24. The molecule has 0 aromatic carbocycles. The van der Waals surface area contributed by atoms with Crippen molar-refractivity contribution < 1.29 is 0 Å². The number of hydrogen-bond acceptors (Lipinski definition) is 1. The van der Waals surface area contributed by atoms with Crippen LogP contribution < -0.4 is 0 Å². The van der Waals surface area contributed by atoms with Gasteiger partial charge in [-0.3, -0.25) is 0 Å². The second-order valence-corrected chi connectivity index (χ2v) is 5.29. The van der Waals surface area contributed by atoms with E-state index >= 15 is 0 Å². The summed E-state index contributed by atoms with van der Waals surface area (Å²) in [6.45, 7) is 7.13. The van der Waals surface area contributed by atoms with Crippen LogP contribution >= 0.6 is 0 Å². The van der Waals surface area contributed by atoms with E-state index < -0.39 is 0 Å².